The van der Waals surface area contributed by atoms with Gasteiger partial charge in [-0.2, -0.15) is 0 Å². The molecule has 132 valence electrons. The Morgan fingerprint density at radius 1 is 1.08 bits per heavy atom. The third kappa shape index (κ3) is 4.70. The minimum atomic E-state index is -0.275. The van der Waals surface area contributed by atoms with E-state index in [9.17, 15) is 9.90 Å². The van der Waals surface area contributed by atoms with Crippen molar-refractivity contribution in [2.75, 3.05) is 0 Å². The van der Waals surface area contributed by atoms with Gasteiger partial charge in [-0.25, -0.2) is 0 Å². The van der Waals surface area contributed by atoms with Gasteiger partial charge in [0.15, 0.2) is 0 Å². The number of carbonyl (C=O) groups is 1. The second-order valence-corrected chi connectivity index (χ2v) is 6.34. The molecule has 3 aromatic rings. The summed E-state index contributed by atoms with van der Waals surface area (Å²) in [5, 5.41) is 12.4. The van der Waals surface area contributed by atoms with Crippen LogP contribution >= 0.6 is 0 Å². The molecule has 1 aromatic heterocycles. The van der Waals surface area contributed by atoms with Crippen molar-refractivity contribution in [2.24, 2.45) is 0 Å². The fraction of sp³-hybridized carbons (Fsp3) is 0.182. The molecule has 1 heterocycles. The molecule has 3 rings (SSSR count). The summed E-state index contributed by atoms with van der Waals surface area (Å²) in [4.78, 5) is 17.0. The van der Waals surface area contributed by atoms with Crippen LogP contribution in [0.15, 0.2) is 72.9 Å². The largest absolute Gasteiger partial charge is 0.508 e. The van der Waals surface area contributed by atoms with Gasteiger partial charge in [0.2, 0.25) is 5.91 Å². The minimum absolute atomic E-state index is 0.0322. The summed E-state index contributed by atoms with van der Waals surface area (Å²) in [7, 11) is 0. The number of benzene rings is 2. The monoisotopic (exact) mass is 346 g/mol. The molecule has 2 N–H and O–H groups in total. The molecule has 2 aromatic carbocycles. The molecule has 4 nitrogen and oxygen atoms in total. The molecule has 0 bridgehead atoms. The molecule has 26 heavy (non-hydrogen) atoms. The predicted molar refractivity (Wildman–Crippen MR) is 102 cm³/mol. The molecule has 0 saturated carbocycles. The maximum atomic E-state index is 12.5. The van der Waals surface area contributed by atoms with Crippen molar-refractivity contribution in [1.29, 1.82) is 0 Å². The number of hydrogen-bond acceptors (Lipinski definition) is 3. The van der Waals surface area contributed by atoms with E-state index in [2.05, 4.69) is 16.4 Å². The Bertz CT molecular complexity index is 861. The van der Waals surface area contributed by atoms with E-state index in [0.717, 1.165) is 22.4 Å². The molecule has 1 atom stereocenters. The predicted octanol–water partition coefficient (Wildman–Crippen LogP) is 3.93. The molecule has 0 saturated heterocycles. The number of nitrogens with zero attached hydrogens (tertiary/aromatic N) is 1. The van der Waals surface area contributed by atoms with Crippen molar-refractivity contribution in [1.82, 2.24) is 10.3 Å². The smallest absolute Gasteiger partial charge is 0.221 e. The van der Waals surface area contributed by atoms with Crippen molar-refractivity contribution in [3.05, 3.63) is 95.3 Å². The third-order valence-corrected chi connectivity index (χ3v) is 4.24. The lowest BCUT2D eigenvalue weighted by Gasteiger charge is -2.19. The fourth-order valence-corrected chi connectivity index (χ4v) is 2.88. The average Bonchev–Trinajstić information content (AvgIpc) is 2.66. The highest BCUT2D eigenvalue weighted by Gasteiger charge is 2.18. The number of amides is 1. The zero-order valence-corrected chi connectivity index (χ0v) is 14.7. The second-order valence-electron chi connectivity index (χ2n) is 6.34. The van der Waals surface area contributed by atoms with Crippen LogP contribution in [0.4, 0.5) is 0 Å². The van der Waals surface area contributed by atoms with E-state index in [0.29, 0.717) is 12.8 Å². The number of aromatic hydroxyl groups is 1. The van der Waals surface area contributed by atoms with Gasteiger partial charge in [-0.05, 0) is 48.7 Å². The Labute approximate surface area is 153 Å². The maximum absolute atomic E-state index is 12.5. The number of carbonyl (C=O) groups excluding carboxylic acids is 1. The number of aromatic nitrogens is 1. The zero-order valence-electron chi connectivity index (χ0n) is 14.7. The van der Waals surface area contributed by atoms with Crippen LogP contribution in [-0.2, 0) is 11.2 Å². The van der Waals surface area contributed by atoms with Crippen LogP contribution in [0.5, 0.6) is 5.75 Å². The van der Waals surface area contributed by atoms with Crippen molar-refractivity contribution < 1.29 is 9.90 Å². The van der Waals surface area contributed by atoms with Crippen molar-refractivity contribution in [2.45, 2.75) is 25.8 Å². The molecule has 0 unspecified atom stereocenters. The van der Waals surface area contributed by atoms with Crippen LogP contribution in [0.25, 0.3) is 0 Å². The van der Waals surface area contributed by atoms with Gasteiger partial charge in [0.05, 0.1) is 11.7 Å². The zero-order chi connectivity index (χ0) is 18.4. The van der Waals surface area contributed by atoms with Crippen molar-refractivity contribution >= 4 is 5.91 Å². The van der Waals surface area contributed by atoms with Crippen molar-refractivity contribution in [3.8, 4) is 5.75 Å². The van der Waals surface area contributed by atoms with Gasteiger partial charge in [-0.3, -0.25) is 9.78 Å². The SMILES string of the molecule is Cc1cccc([C@@H](NC(=O)CCc2ccc(O)cc2)c2ccccn2)c1. The van der Waals surface area contributed by atoms with Crippen LogP contribution in [0.2, 0.25) is 0 Å². The van der Waals surface area contributed by atoms with E-state index in [1.807, 2.05) is 55.5 Å². The number of hydrogen-bond donors (Lipinski definition) is 2. The third-order valence-electron chi connectivity index (χ3n) is 4.24. The summed E-state index contributed by atoms with van der Waals surface area (Å²) < 4.78 is 0. The summed E-state index contributed by atoms with van der Waals surface area (Å²) in [5.41, 5.74) is 3.99. The molecular formula is C22H22N2O2. The van der Waals surface area contributed by atoms with Crippen LogP contribution in [0.1, 0.15) is 34.8 Å². The number of nitrogens with one attached hydrogen (secondary N) is 1. The Morgan fingerprint density at radius 3 is 2.58 bits per heavy atom. The highest BCUT2D eigenvalue weighted by atomic mass is 16.3. The first-order chi connectivity index (χ1) is 12.6. The number of pyridine rings is 1. The Kier molecular flexibility index (Phi) is 5.64. The molecular weight excluding hydrogens is 324 g/mol. The lowest BCUT2D eigenvalue weighted by atomic mass is 10.0. The molecule has 0 aliphatic heterocycles. The van der Waals surface area contributed by atoms with E-state index in [4.69, 9.17) is 0 Å². The average molecular weight is 346 g/mol. The molecule has 0 spiro atoms. The van der Waals surface area contributed by atoms with Crippen LogP contribution < -0.4 is 5.32 Å². The number of phenols is 1. The van der Waals surface area contributed by atoms with E-state index in [1.54, 1.807) is 18.3 Å². The van der Waals surface area contributed by atoms with Crippen LogP contribution in [0.3, 0.4) is 0 Å². The molecule has 0 aliphatic rings. The fourth-order valence-electron chi connectivity index (χ4n) is 2.88. The number of rotatable bonds is 6. The Balaban J connectivity index is 1.73. The quantitative estimate of drug-likeness (QED) is 0.711. The second kappa shape index (κ2) is 8.30. The standard InChI is InChI=1S/C22H22N2O2/c1-16-5-4-6-18(15-16)22(20-7-2-3-14-23-20)24-21(26)13-10-17-8-11-19(25)12-9-17/h2-9,11-12,14-15,22,25H,10,13H2,1H3,(H,24,26)/t22-/m1/s1. The van der Waals surface area contributed by atoms with Gasteiger partial charge in [-0.15, -0.1) is 0 Å². The van der Waals surface area contributed by atoms with Crippen LogP contribution in [-0.4, -0.2) is 16.0 Å². The Morgan fingerprint density at radius 2 is 1.88 bits per heavy atom. The van der Waals surface area contributed by atoms with Crippen molar-refractivity contribution in [3.63, 3.8) is 0 Å². The number of aryl methyl sites for hydroxylation is 2. The van der Waals surface area contributed by atoms with Gasteiger partial charge in [0.1, 0.15) is 5.75 Å². The summed E-state index contributed by atoms with van der Waals surface area (Å²) in [5.74, 6) is 0.197. The summed E-state index contributed by atoms with van der Waals surface area (Å²) >= 11 is 0. The topological polar surface area (TPSA) is 62.2 Å². The molecule has 1 amide bonds. The van der Waals surface area contributed by atoms with Gasteiger partial charge < -0.3 is 10.4 Å². The molecule has 4 heteroatoms. The van der Waals surface area contributed by atoms with Crippen LogP contribution in [0, 0.1) is 6.92 Å². The maximum Gasteiger partial charge on any atom is 0.221 e. The summed E-state index contributed by atoms with van der Waals surface area (Å²) in [6.07, 6.45) is 2.73. The van der Waals surface area contributed by atoms with E-state index >= 15 is 0 Å². The Hall–Kier alpha value is -3.14. The first-order valence-corrected chi connectivity index (χ1v) is 8.66. The van der Waals surface area contributed by atoms with Gasteiger partial charge in [0, 0.05) is 12.6 Å². The number of phenolic OH excluding ortho intramolecular Hbond substituents is 1. The van der Waals surface area contributed by atoms with E-state index in [-0.39, 0.29) is 17.7 Å². The van der Waals surface area contributed by atoms with Gasteiger partial charge >= 0.3 is 0 Å². The summed E-state index contributed by atoms with van der Waals surface area (Å²) in [6.45, 7) is 2.03. The molecule has 0 radical (unpaired) electrons. The first kappa shape index (κ1) is 17.7. The van der Waals surface area contributed by atoms with E-state index < -0.39 is 0 Å². The molecule has 0 fully saturated rings. The highest BCUT2D eigenvalue weighted by Crippen LogP contribution is 2.21. The normalized spacial score (nSPS) is 11.7. The first-order valence-electron chi connectivity index (χ1n) is 8.66. The van der Waals surface area contributed by atoms with Gasteiger partial charge in [-0.1, -0.05) is 48.0 Å². The molecule has 0 aliphatic carbocycles. The lowest BCUT2D eigenvalue weighted by Crippen LogP contribution is -2.30. The van der Waals surface area contributed by atoms with Gasteiger partial charge in [0.25, 0.3) is 0 Å². The minimum Gasteiger partial charge on any atom is -0.508 e. The van der Waals surface area contributed by atoms with E-state index in [1.165, 1.54) is 0 Å². The highest BCUT2D eigenvalue weighted by molar-refractivity contribution is 5.77. The summed E-state index contributed by atoms with van der Waals surface area (Å²) in [6, 6.07) is 20.5. The lowest BCUT2D eigenvalue weighted by molar-refractivity contribution is -0.121.